The number of ether oxygens (including phenoxy) is 2. The highest BCUT2D eigenvalue weighted by Crippen LogP contribution is 2.41. The number of nitrogens with one attached hydrogen (secondary N) is 2. The smallest absolute Gasteiger partial charge is 0.261 e. The number of fused-ring (bicyclic) bond motifs is 1. The zero-order valence-electron chi connectivity index (χ0n) is 21.4. The lowest BCUT2D eigenvalue weighted by molar-refractivity contribution is -0.152. The van der Waals surface area contributed by atoms with Crippen molar-refractivity contribution in [2.75, 3.05) is 26.4 Å². The first-order valence-corrected chi connectivity index (χ1v) is 12.7. The maximum Gasteiger partial charge on any atom is 0.261 e. The number of imide groups is 2. The molecule has 2 bridgehead atoms. The summed E-state index contributed by atoms with van der Waals surface area (Å²) in [5.74, 6) is -2.65. The van der Waals surface area contributed by atoms with Gasteiger partial charge in [0.1, 0.15) is 18.4 Å². The molecule has 2 heterocycles. The van der Waals surface area contributed by atoms with E-state index in [-0.39, 0.29) is 50.7 Å². The molecule has 5 rings (SSSR count). The molecule has 40 heavy (non-hydrogen) atoms. The Kier molecular flexibility index (Phi) is 7.43. The lowest BCUT2D eigenvalue weighted by atomic mass is 9.80. The van der Waals surface area contributed by atoms with E-state index in [1.807, 2.05) is 0 Å². The summed E-state index contributed by atoms with van der Waals surface area (Å²) in [6, 6.07) is 4.93. The van der Waals surface area contributed by atoms with Gasteiger partial charge in [-0.2, -0.15) is 0 Å². The number of rotatable bonds is 10. The van der Waals surface area contributed by atoms with Gasteiger partial charge in [0.05, 0.1) is 13.2 Å². The minimum Gasteiger partial charge on any atom is -0.491 e. The van der Waals surface area contributed by atoms with Gasteiger partial charge in [-0.3, -0.25) is 39.0 Å². The van der Waals surface area contributed by atoms with Gasteiger partial charge in [-0.05, 0) is 54.0 Å². The molecule has 1 aromatic carbocycles. The monoisotopic (exact) mass is 546 g/mol. The van der Waals surface area contributed by atoms with Crippen molar-refractivity contribution >= 4 is 35.4 Å². The summed E-state index contributed by atoms with van der Waals surface area (Å²) in [5.41, 5.74) is 7.95. The van der Waals surface area contributed by atoms with Crippen LogP contribution in [0.1, 0.15) is 40.0 Å². The van der Waals surface area contributed by atoms with Crippen molar-refractivity contribution in [2.45, 2.75) is 25.3 Å². The van der Waals surface area contributed by atoms with E-state index in [9.17, 15) is 28.8 Å². The Hall–Kier alpha value is -4.84. The number of hydrogen-bond acceptors (Lipinski definition) is 8. The molecule has 0 saturated carbocycles. The van der Waals surface area contributed by atoms with Gasteiger partial charge >= 0.3 is 0 Å². The predicted molar refractivity (Wildman–Crippen MR) is 138 cm³/mol. The molecule has 0 aromatic heterocycles. The molecule has 0 radical (unpaired) electrons. The van der Waals surface area contributed by atoms with E-state index in [1.54, 1.807) is 18.2 Å². The van der Waals surface area contributed by atoms with Gasteiger partial charge in [0.25, 0.3) is 17.7 Å². The third-order valence-electron chi connectivity index (χ3n) is 6.93. The highest BCUT2D eigenvalue weighted by atomic mass is 16.5. The van der Waals surface area contributed by atoms with Gasteiger partial charge in [0, 0.05) is 41.7 Å². The first-order valence-electron chi connectivity index (χ1n) is 12.7. The summed E-state index contributed by atoms with van der Waals surface area (Å²) in [6.07, 6.45) is 5.42. The largest absolute Gasteiger partial charge is 0.491 e. The lowest BCUT2D eigenvalue weighted by Gasteiger charge is -2.38. The molecule has 1 unspecified atom stereocenters. The second-order valence-corrected chi connectivity index (χ2v) is 9.46. The van der Waals surface area contributed by atoms with Crippen LogP contribution >= 0.6 is 0 Å². The van der Waals surface area contributed by atoms with Crippen LogP contribution in [-0.4, -0.2) is 72.8 Å². The zero-order valence-corrected chi connectivity index (χ0v) is 21.4. The SMILES string of the molecule is NC(=O)c1ccc(C(=O)NCCOCCOC2=CC3=C4CC2=CC=C4C(=O)N(C2CCC(=O)NC2=O)C3=O)cc1. The number of nitrogens with two attached hydrogens (primary N) is 1. The maximum atomic E-state index is 13.3. The lowest BCUT2D eigenvalue weighted by Crippen LogP contribution is -2.58. The second-order valence-electron chi connectivity index (χ2n) is 9.46. The topological polar surface area (TPSA) is 174 Å². The number of carbonyl (C=O) groups excluding carboxylic acids is 6. The third kappa shape index (κ3) is 5.21. The van der Waals surface area contributed by atoms with Crippen LogP contribution in [0.25, 0.3) is 0 Å². The molecule has 1 saturated heterocycles. The van der Waals surface area contributed by atoms with Crippen LogP contribution in [-0.2, 0) is 28.7 Å². The van der Waals surface area contributed by atoms with Gasteiger partial charge in [0.2, 0.25) is 17.7 Å². The fourth-order valence-corrected chi connectivity index (χ4v) is 4.88. The van der Waals surface area contributed by atoms with Gasteiger partial charge < -0.3 is 20.5 Å². The summed E-state index contributed by atoms with van der Waals surface area (Å²) in [4.78, 5) is 74.6. The van der Waals surface area contributed by atoms with E-state index in [2.05, 4.69) is 10.6 Å². The van der Waals surface area contributed by atoms with Gasteiger partial charge in [-0.15, -0.1) is 0 Å². The van der Waals surface area contributed by atoms with Gasteiger partial charge in [-0.1, -0.05) is 6.08 Å². The first-order chi connectivity index (χ1) is 19.2. The molecule has 1 atom stereocenters. The van der Waals surface area contributed by atoms with E-state index in [1.165, 1.54) is 24.3 Å². The number of piperidine rings is 1. The Morgan fingerprint density at radius 1 is 1.00 bits per heavy atom. The van der Waals surface area contributed by atoms with Gasteiger partial charge in [-0.25, -0.2) is 0 Å². The average Bonchev–Trinajstić information content (AvgIpc) is 2.94. The Labute approximate surface area is 228 Å². The van der Waals surface area contributed by atoms with E-state index < -0.39 is 35.6 Å². The Morgan fingerprint density at radius 2 is 1.75 bits per heavy atom. The van der Waals surface area contributed by atoms with Gasteiger partial charge in [0.15, 0.2) is 0 Å². The standard InChI is InChI=1S/C28H26N4O8/c29-24(34)15-1-3-16(4-2-15)25(35)30-9-10-39-11-12-40-22-14-20-19-13-17(22)5-6-18(19)27(37)32(28(20)38)21-7-8-23(33)31-26(21)36/h1-6,14,21H,7-13H2,(H2,29,34)(H,30,35)(H,31,33,36). The Bertz CT molecular complexity index is 1450. The molecule has 4 N–H and O–H groups in total. The van der Waals surface area contributed by atoms with E-state index in [4.69, 9.17) is 15.2 Å². The van der Waals surface area contributed by atoms with Crippen molar-refractivity contribution in [1.82, 2.24) is 15.5 Å². The molecule has 206 valence electrons. The average molecular weight is 547 g/mol. The van der Waals surface area contributed by atoms with Crippen molar-refractivity contribution < 1.29 is 38.2 Å². The molecule has 1 aromatic rings. The summed E-state index contributed by atoms with van der Waals surface area (Å²) in [6.45, 7) is 0.885. The molecule has 4 aliphatic rings. The predicted octanol–water partition coefficient (Wildman–Crippen LogP) is 0.173. The summed E-state index contributed by atoms with van der Waals surface area (Å²) in [5, 5.41) is 4.91. The number of nitrogens with zero attached hydrogens (tertiary/aromatic N) is 1. The van der Waals surface area contributed by atoms with E-state index in [0.29, 0.717) is 34.5 Å². The van der Waals surface area contributed by atoms with Crippen LogP contribution in [0, 0.1) is 0 Å². The fraction of sp³-hybridized carbons (Fsp3) is 0.286. The quantitative estimate of drug-likeness (QED) is 0.275. The number of benzene rings is 1. The number of allylic oxidation sites excluding steroid dienone is 3. The van der Waals surface area contributed by atoms with Crippen LogP contribution in [0.2, 0.25) is 0 Å². The number of amides is 6. The van der Waals surface area contributed by atoms with E-state index in [0.717, 1.165) is 10.5 Å². The van der Waals surface area contributed by atoms with Crippen LogP contribution < -0.4 is 16.4 Å². The Balaban J connectivity index is 1.13. The molecule has 1 fully saturated rings. The van der Waals surface area contributed by atoms with Crippen LogP contribution in [0.15, 0.2) is 70.5 Å². The summed E-state index contributed by atoms with van der Waals surface area (Å²) >= 11 is 0. The first kappa shape index (κ1) is 26.8. The maximum absolute atomic E-state index is 13.3. The van der Waals surface area contributed by atoms with Crippen molar-refractivity contribution in [3.8, 4) is 0 Å². The molecular formula is C28H26N4O8. The number of primary amides is 1. The summed E-state index contributed by atoms with van der Waals surface area (Å²) in [7, 11) is 0. The van der Waals surface area contributed by atoms with Crippen LogP contribution in [0.5, 0.6) is 0 Å². The van der Waals surface area contributed by atoms with Crippen molar-refractivity contribution in [3.63, 3.8) is 0 Å². The minimum absolute atomic E-state index is 0.0421. The van der Waals surface area contributed by atoms with E-state index >= 15 is 0 Å². The molecule has 12 heteroatoms. The molecule has 6 amide bonds. The molecule has 12 nitrogen and oxygen atoms in total. The van der Waals surface area contributed by atoms with Crippen LogP contribution in [0.4, 0.5) is 0 Å². The van der Waals surface area contributed by atoms with Crippen molar-refractivity contribution in [3.05, 3.63) is 81.7 Å². The molecule has 2 aliphatic heterocycles. The number of carbonyl (C=O) groups is 6. The zero-order chi connectivity index (χ0) is 28.4. The summed E-state index contributed by atoms with van der Waals surface area (Å²) < 4.78 is 11.4. The van der Waals surface area contributed by atoms with Crippen molar-refractivity contribution in [2.24, 2.45) is 5.73 Å². The molecule has 2 aliphatic carbocycles. The van der Waals surface area contributed by atoms with Crippen LogP contribution in [0.3, 0.4) is 0 Å². The highest BCUT2D eigenvalue weighted by Gasteiger charge is 2.46. The second kappa shape index (κ2) is 11.1. The fourth-order valence-electron chi connectivity index (χ4n) is 4.88. The Morgan fingerprint density at radius 3 is 2.48 bits per heavy atom. The molecule has 0 spiro atoms. The third-order valence-corrected chi connectivity index (χ3v) is 6.93. The van der Waals surface area contributed by atoms with Crippen molar-refractivity contribution in [1.29, 1.82) is 0 Å². The molecular weight excluding hydrogens is 520 g/mol. The number of hydrogen-bond donors (Lipinski definition) is 3. The normalized spacial score (nSPS) is 19.9. The minimum atomic E-state index is -1.05. The highest BCUT2D eigenvalue weighted by molar-refractivity contribution is 6.21.